The molecule has 1 aliphatic rings. The molecule has 3 aromatic rings. The van der Waals surface area contributed by atoms with E-state index < -0.39 is 0 Å². The highest BCUT2D eigenvalue weighted by Crippen LogP contribution is 2.29. The van der Waals surface area contributed by atoms with Gasteiger partial charge in [-0.05, 0) is 56.2 Å². The van der Waals surface area contributed by atoms with Gasteiger partial charge in [0.25, 0.3) is 0 Å². The molecule has 1 aliphatic heterocycles. The quantitative estimate of drug-likeness (QED) is 0.437. The number of aromatic nitrogens is 2. The van der Waals surface area contributed by atoms with Gasteiger partial charge in [0, 0.05) is 24.0 Å². The van der Waals surface area contributed by atoms with Gasteiger partial charge in [0.1, 0.15) is 10.8 Å². The molecule has 1 saturated heterocycles. The van der Waals surface area contributed by atoms with Crippen LogP contribution in [0.3, 0.4) is 0 Å². The van der Waals surface area contributed by atoms with Crippen LogP contribution in [-0.4, -0.2) is 39.6 Å². The Bertz CT molecular complexity index is 1010. The largest absolute Gasteiger partial charge is 0.342 e. The van der Waals surface area contributed by atoms with Crippen molar-refractivity contribution in [1.29, 1.82) is 0 Å². The number of amides is 1. The summed E-state index contributed by atoms with van der Waals surface area (Å²) in [5.74, 6) is 0.789. The van der Waals surface area contributed by atoms with Crippen LogP contribution in [-0.2, 0) is 4.79 Å². The molecular formula is C23H24FN3OS. The van der Waals surface area contributed by atoms with Crippen molar-refractivity contribution in [1.82, 2.24) is 14.9 Å². The number of thioether (sulfide) groups is 1. The Morgan fingerprint density at radius 1 is 1.03 bits per heavy atom. The van der Waals surface area contributed by atoms with Gasteiger partial charge < -0.3 is 4.90 Å². The van der Waals surface area contributed by atoms with E-state index in [9.17, 15) is 9.18 Å². The zero-order valence-electron chi connectivity index (χ0n) is 16.5. The van der Waals surface area contributed by atoms with Gasteiger partial charge in [-0.15, -0.1) is 0 Å². The number of rotatable bonds is 4. The maximum absolute atomic E-state index is 13.3. The molecule has 0 aliphatic carbocycles. The highest BCUT2D eigenvalue weighted by molar-refractivity contribution is 8.00. The maximum Gasteiger partial charge on any atom is 0.232 e. The molecule has 4 nitrogen and oxygen atoms in total. The van der Waals surface area contributed by atoms with E-state index in [1.807, 2.05) is 24.0 Å². The second-order valence-corrected chi connectivity index (χ2v) is 8.43. The number of aryl methyl sites for hydroxylation is 1. The molecule has 0 bridgehead atoms. The van der Waals surface area contributed by atoms with Crippen molar-refractivity contribution >= 4 is 28.6 Å². The molecule has 0 spiro atoms. The Kier molecular flexibility index (Phi) is 6.09. The summed E-state index contributed by atoms with van der Waals surface area (Å²) in [6, 6.07) is 12.2. The lowest BCUT2D eigenvalue weighted by molar-refractivity contribution is -0.128. The molecular weight excluding hydrogens is 385 g/mol. The first-order chi connectivity index (χ1) is 14.1. The van der Waals surface area contributed by atoms with Gasteiger partial charge in [0.2, 0.25) is 5.91 Å². The topological polar surface area (TPSA) is 46.1 Å². The van der Waals surface area contributed by atoms with Crippen LogP contribution in [0.25, 0.3) is 22.3 Å². The predicted molar refractivity (Wildman–Crippen MR) is 115 cm³/mol. The van der Waals surface area contributed by atoms with Crippen molar-refractivity contribution in [2.45, 2.75) is 37.6 Å². The van der Waals surface area contributed by atoms with Gasteiger partial charge >= 0.3 is 0 Å². The van der Waals surface area contributed by atoms with E-state index in [4.69, 9.17) is 4.98 Å². The van der Waals surface area contributed by atoms with Crippen molar-refractivity contribution in [2.24, 2.45) is 0 Å². The standard InChI is InChI=1S/C23H24FN3OS/c1-16-6-11-20-19(14-16)23(26-22(25-20)17-7-9-18(24)10-8-17)29-15-21(28)27-12-4-2-3-5-13-27/h6-11,14H,2-5,12-13,15H2,1H3. The third kappa shape index (κ3) is 4.75. The molecule has 150 valence electrons. The Hall–Kier alpha value is -2.47. The van der Waals surface area contributed by atoms with E-state index >= 15 is 0 Å². The Balaban J connectivity index is 1.63. The van der Waals surface area contributed by atoms with Crippen molar-refractivity contribution in [3.05, 3.63) is 53.8 Å². The lowest BCUT2D eigenvalue weighted by atomic mass is 10.1. The summed E-state index contributed by atoms with van der Waals surface area (Å²) < 4.78 is 13.3. The molecule has 0 N–H and O–H groups in total. The molecule has 0 unspecified atom stereocenters. The third-order valence-electron chi connectivity index (χ3n) is 5.21. The first kappa shape index (κ1) is 19.8. The van der Waals surface area contributed by atoms with E-state index in [-0.39, 0.29) is 11.7 Å². The fourth-order valence-corrected chi connectivity index (χ4v) is 4.51. The Labute approximate surface area is 174 Å². The van der Waals surface area contributed by atoms with Crippen LogP contribution in [0.4, 0.5) is 4.39 Å². The smallest absolute Gasteiger partial charge is 0.232 e. The normalized spacial score (nSPS) is 14.8. The molecule has 1 fully saturated rings. The van der Waals surface area contributed by atoms with Gasteiger partial charge in [-0.3, -0.25) is 4.79 Å². The summed E-state index contributed by atoms with van der Waals surface area (Å²) in [7, 11) is 0. The van der Waals surface area contributed by atoms with E-state index in [1.54, 1.807) is 12.1 Å². The van der Waals surface area contributed by atoms with Crippen molar-refractivity contribution < 1.29 is 9.18 Å². The maximum atomic E-state index is 13.3. The number of hydrogen-bond acceptors (Lipinski definition) is 4. The van der Waals surface area contributed by atoms with Crippen LogP contribution in [0.15, 0.2) is 47.5 Å². The number of benzene rings is 2. The minimum Gasteiger partial charge on any atom is -0.342 e. The number of halogens is 1. The summed E-state index contributed by atoms with van der Waals surface area (Å²) in [5.41, 5.74) is 2.71. The summed E-state index contributed by atoms with van der Waals surface area (Å²) in [6.45, 7) is 3.73. The molecule has 2 heterocycles. The fourth-order valence-electron chi connectivity index (χ4n) is 3.59. The van der Waals surface area contributed by atoms with Crippen LogP contribution in [0.1, 0.15) is 31.2 Å². The lowest BCUT2D eigenvalue weighted by Gasteiger charge is -2.20. The van der Waals surface area contributed by atoms with Crippen LogP contribution < -0.4 is 0 Å². The molecule has 0 saturated carbocycles. The van der Waals surface area contributed by atoms with E-state index in [0.717, 1.165) is 53.0 Å². The van der Waals surface area contributed by atoms with Crippen LogP contribution in [0, 0.1) is 12.7 Å². The van der Waals surface area contributed by atoms with Crippen LogP contribution in [0.5, 0.6) is 0 Å². The summed E-state index contributed by atoms with van der Waals surface area (Å²) in [5, 5.41) is 1.74. The zero-order valence-corrected chi connectivity index (χ0v) is 17.3. The average Bonchev–Trinajstić information content (AvgIpc) is 3.02. The fraction of sp³-hybridized carbons (Fsp3) is 0.348. The minimum absolute atomic E-state index is 0.166. The number of carbonyl (C=O) groups excluding carboxylic acids is 1. The van der Waals surface area contributed by atoms with Gasteiger partial charge in [-0.2, -0.15) is 0 Å². The highest BCUT2D eigenvalue weighted by Gasteiger charge is 2.17. The minimum atomic E-state index is -0.289. The molecule has 6 heteroatoms. The second-order valence-electron chi connectivity index (χ2n) is 7.46. The molecule has 2 aromatic carbocycles. The summed E-state index contributed by atoms with van der Waals surface area (Å²) >= 11 is 1.46. The van der Waals surface area contributed by atoms with Crippen LogP contribution >= 0.6 is 11.8 Å². The van der Waals surface area contributed by atoms with Crippen molar-refractivity contribution in [2.75, 3.05) is 18.8 Å². The molecule has 1 amide bonds. The first-order valence-electron chi connectivity index (χ1n) is 10.0. The molecule has 0 radical (unpaired) electrons. The number of hydrogen-bond donors (Lipinski definition) is 0. The van der Waals surface area contributed by atoms with Gasteiger partial charge in [0.05, 0.1) is 11.3 Å². The monoisotopic (exact) mass is 409 g/mol. The molecule has 1 aromatic heterocycles. The Morgan fingerprint density at radius 3 is 2.48 bits per heavy atom. The average molecular weight is 410 g/mol. The van der Waals surface area contributed by atoms with Gasteiger partial charge in [-0.1, -0.05) is 36.2 Å². The van der Waals surface area contributed by atoms with Crippen molar-refractivity contribution in [3.63, 3.8) is 0 Å². The Morgan fingerprint density at radius 2 is 1.76 bits per heavy atom. The van der Waals surface area contributed by atoms with Crippen LogP contribution in [0.2, 0.25) is 0 Å². The SMILES string of the molecule is Cc1ccc2nc(-c3ccc(F)cc3)nc(SCC(=O)N3CCCCCC3)c2c1. The zero-order chi connectivity index (χ0) is 20.2. The van der Waals surface area contributed by atoms with E-state index in [2.05, 4.69) is 11.1 Å². The predicted octanol–water partition coefficient (Wildman–Crippen LogP) is 5.24. The summed E-state index contributed by atoms with van der Waals surface area (Å²) in [6.07, 6.45) is 4.57. The summed E-state index contributed by atoms with van der Waals surface area (Å²) in [4.78, 5) is 24.1. The molecule has 4 rings (SSSR count). The van der Waals surface area contributed by atoms with Gasteiger partial charge in [-0.25, -0.2) is 14.4 Å². The number of likely N-dealkylation sites (tertiary alicyclic amines) is 1. The number of fused-ring (bicyclic) bond motifs is 1. The number of nitrogens with zero attached hydrogens (tertiary/aromatic N) is 3. The first-order valence-corrected chi connectivity index (χ1v) is 11.0. The van der Waals surface area contributed by atoms with Crippen molar-refractivity contribution in [3.8, 4) is 11.4 Å². The third-order valence-corrected chi connectivity index (χ3v) is 6.19. The number of carbonyl (C=O) groups is 1. The lowest BCUT2D eigenvalue weighted by Crippen LogP contribution is -2.33. The van der Waals surface area contributed by atoms with E-state index in [1.165, 1.54) is 36.7 Å². The second kappa shape index (κ2) is 8.91. The highest BCUT2D eigenvalue weighted by atomic mass is 32.2. The van der Waals surface area contributed by atoms with E-state index in [0.29, 0.717) is 11.6 Å². The molecule has 29 heavy (non-hydrogen) atoms. The van der Waals surface area contributed by atoms with Gasteiger partial charge in [0.15, 0.2) is 5.82 Å². The molecule has 0 atom stereocenters.